The van der Waals surface area contributed by atoms with Gasteiger partial charge in [0.2, 0.25) is 5.91 Å². The van der Waals surface area contributed by atoms with Gasteiger partial charge in [0.1, 0.15) is 12.3 Å². The summed E-state index contributed by atoms with van der Waals surface area (Å²) in [5.74, 6) is 0.456. The molecule has 34 heavy (non-hydrogen) atoms. The van der Waals surface area contributed by atoms with E-state index in [0.29, 0.717) is 17.3 Å². The molecule has 0 saturated carbocycles. The summed E-state index contributed by atoms with van der Waals surface area (Å²) in [6, 6.07) is 22.4. The van der Waals surface area contributed by atoms with Crippen molar-refractivity contribution in [1.82, 2.24) is 5.32 Å². The third kappa shape index (κ3) is 7.23. The van der Waals surface area contributed by atoms with Crippen molar-refractivity contribution < 1.29 is 17.9 Å². The van der Waals surface area contributed by atoms with Crippen LogP contribution in [0.5, 0.6) is 5.75 Å². The first kappa shape index (κ1) is 25.6. The van der Waals surface area contributed by atoms with Gasteiger partial charge in [0, 0.05) is 11.6 Å². The molecule has 8 heteroatoms. The van der Waals surface area contributed by atoms with Crippen molar-refractivity contribution in [2.45, 2.75) is 37.7 Å². The molecule has 0 aliphatic heterocycles. The van der Waals surface area contributed by atoms with Crippen LogP contribution in [0, 0.1) is 0 Å². The molecule has 180 valence electrons. The lowest BCUT2D eigenvalue weighted by molar-refractivity contribution is -0.119. The van der Waals surface area contributed by atoms with E-state index in [9.17, 15) is 13.2 Å². The largest absolute Gasteiger partial charge is 0.491 e. The highest BCUT2D eigenvalue weighted by atomic mass is 35.5. The van der Waals surface area contributed by atoms with Gasteiger partial charge in [-0.25, -0.2) is 8.42 Å². The van der Waals surface area contributed by atoms with E-state index in [0.717, 1.165) is 28.5 Å². The Morgan fingerprint density at radius 2 is 1.62 bits per heavy atom. The predicted molar refractivity (Wildman–Crippen MR) is 136 cm³/mol. The fourth-order valence-corrected chi connectivity index (χ4v) is 4.90. The summed E-state index contributed by atoms with van der Waals surface area (Å²) in [4.78, 5) is 12.7. The summed E-state index contributed by atoms with van der Waals surface area (Å²) >= 11 is 5.91. The zero-order chi connectivity index (χ0) is 24.6. The molecule has 6 nitrogen and oxygen atoms in total. The zero-order valence-electron chi connectivity index (χ0n) is 19.3. The summed E-state index contributed by atoms with van der Waals surface area (Å²) in [7, 11) is -3.95. The van der Waals surface area contributed by atoms with Gasteiger partial charge >= 0.3 is 0 Å². The van der Waals surface area contributed by atoms with Crippen LogP contribution in [0.1, 0.15) is 25.8 Å². The average Bonchev–Trinajstić information content (AvgIpc) is 2.82. The molecular formula is C26H29ClN2O4S. The number of sulfonamides is 1. The van der Waals surface area contributed by atoms with Crippen LogP contribution in [0.2, 0.25) is 5.02 Å². The smallest absolute Gasteiger partial charge is 0.264 e. The number of rotatable bonds is 11. The zero-order valence-corrected chi connectivity index (χ0v) is 20.9. The van der Waals surface area contributed by atoms with E-state index >= 15 is 0 Å². The fourth-order valence-electron chi connectivity index (χ4n) is 3.36. The van der Waals surface area contributed by atoms with Crippen LogP contribution in [0.15, 0.2) is 83.8 Å². The number of anilines is 1. The van der Waals surface area contributed by atoms with Crippen molar-refractivity contribution in [2.24, 2.45) is 0 Å². The van der Waals surface area contributed by atoms with Crippen LogP contribution in [0.4, 0.5) is 5.69 Å². The van der Waals surface area contributed by atoms with Gasteiger partial charge < -0.3 is 10.1 Å². The van der Waals surface area contributed by atoms with E-state index in [4.69, 9.17) is 16.3 Å². The Morgan fingerprint density at radius 1 is 0.971 bits per heavy atom. The van der Waals surface area contributed by atoms with E-state index in [2.05, 4.69) is 5.32 Å². The predicted octanol–water partition coefficient (Wildman–Crippen LogP) is 5.07. The highest BCUT2D eigenvalue weighted by molar-refractivity contribution is 7.92. The van der Waals surface area contributed by atoms with Crippen molar-refractivity contribution in [3.8, 4) is 5.75 Å². The third-order valence-corrected chi connectivity index (χ3v) is 7.03. The Kier molecular flexibility index (Phi) is 8.96. The first-order chi connectivity index (χ1) is 16.3. The van der Waals surface area contributed by atoms with Gasteiger partial charge in [-0.1, -0.05) is 41.9 Å². The van der Waals surface area contributed by atoms with Crippen molar-refractivity contribution in [3.05, 3.63) is 89.4 Å². The molecule has 0 saturated heterocycles. The molecule has 0 heterocycles. The minimum atomic E-state index is -3.95. The number of amides is 1. The van der Waals surface area contributed by atoms with Gasteiger partial charge in [-0.2, -0.15) is 0 Å². The Balaban J connectivity index is 1.60. The maximum Gasteiger partial charge on any atom is 0.264 e. The van der Waals surface area contributed by atoms with Crippen LogP contribution < -0.4 is 14.4 Å². The van der Waals surface area contributed by atoms with Crippen LogP contribution in [0.3, 0.4) is 0 Å². The molecule has 1 amide bonds. The molecule has 3 aromatic carbocycles. The highest BCUT2D eigenvalue weighted by Crippen LogP contribution is 2.24. The quantitative estimate of drug-likeness (QED) is 0.373. The fraction of sp³-hybridized carbons (Fsp3) is 0.269. The van der Waals surface area contributed by atoms with Crippen LogP contribution >= 0.6 is 11.6 Å². The molecule has 0 spiro atoms. The van der Waals surface area contributed by atoms with Gasteiger partial charge in [-0.3, -0.25) is 9.10 Å². The van der Waals surface area contributed by atoms with E-state index in [1.165, 1.54) is 24.3 Å². The van der Waals surface area contributed by atoms with Crippen molar-refractivity contribution in [3.63, 3.8) is 0 Å². The average molecular weight is 501 g/mol. The van der Waals surface area contributed by atoms with E-state index in [1.807, 2.05) is 38.1 Å². The van der Waals surface area contributed by atoms with E-state index < -0.39 is 10.0 Å². The van der Waals surface area contributed by atoms with Gasteiger partial charge in [0.05, 0.1) is 16.7 Å². The second-order valence-corrected chi connectivity index (χ2v) is 10.4. The van der Waals surface area contributed by atoms with Crippen LogP contribution in [-0.4, -0.2) is 33.5 Å². The SMILES string of the molecule is CC(C)Oc1ccc(CCCNC(=O)CN(c2ccccc2)S(=O)(=O)c2ccc(Cl)cc2)cc1. The van der Waals surface area contributed by atoms with E-state index in [-0.39, 0.29) is 23.5 Å². The topological polar surface area (TPSA) is 75.7 Å². The number of hydrogen-bond acceptors (Lipinski definition) is 4. The monoisotopic (exact) mass is 500 g/mol. The second-order valence-electron chi connectivity index (χ2n) is 8.07. The summed E-state index contributed by atoms with van der Waals surface area (Å²) in [6.07, 6.45) is 1.64. The summed E-state index contributed by atoms with van der Waals surface area (Å²) in [6.45, 7) is 4.08. The molecular weight excluding hydrogens is 472 g/mol. The lowest BCUT2D eigenvalue weighted by Crippen LogP contribution is -2.41. The first-order valence-electron chi connectivity index (χ1n) is 11.1. The van der Waals surface area contributed by atoms with Crippen LogP contribution in [-0.2, 0) is 21.2 Å². The molecule has 0 radical (unpaired) electrons. The minimum absolute atomic E-state index is 0.0680. The minimum Gasteiger partial charge on any atom is -0.491 e. The lowest BCUT2D eigenvalue weighted by Gasteiger charge is -2.24. The number of para-hydroxylation sites is 1. The molecule has 0 aliphatic rings. The summed E-state index contributed by atoms with van der Waals surface area (Å²) in [5, 5.41) is 3.27. The van der Waals surface area contributed by atoms with Gasteiger partial charge in [-0.15, -0.1) is 0 Å². The number of carbonyl (C=O) groups excluding carboxylic acids is 1. The number of benzene rings is 3. The maximum atomic E-state index is 13.3. The number of ether oxygens (including phenoxy) is 1. The Morgan fingerprint density at radius 3 is 2.24 bits per heavy atom. The summed E-state index contributed by atoms with van der Waals surface area (Å²) < 4.78 is 33.3. The number of carbonyl (C=O) groups is 1. The normalized spacial score (nSPS) is 11.3. The molecule has 0 atom stereocenters. The maximum absolute atomic E-state index is 13.3. The molecule has 0 unspecified atom stereocenters. The van der Waals surface area contributed by atoms with E-state index in [1.54, 1.807) is 30.3 Å². The number of hydrogen-bond donors (Lipinski definition) is 1. The molecule has 0 aromatic heterocycles. The molecule has 3 rings (SSSR count). The second kappa shape index (κ2) is 11.9. The number of nitrogens with zero attached hydrogens (tertiary/aromatic N) is 1. The Bertz CT molecular complexity index is 1170. The van der Waals surface area contributed by atoms with Crippen molar-refractivity contribution >= 4 is 33.2 Å². The highest BCUT2D eigenvalue weighted by Gasteiger charge is 2.27. The van der Waals surface area contributed by atoms with Gasteiger partial charge in [0.25, 0.3) is 10.0 Å². The standard InChI is InChI=1S/C26H29ClN2O4S/c1-20(2)33-24-14-10-21(11-15-24)7-6-18-28-26(30)19-29(23-8-4-3-5-9-23)34(31,32)25-16-12-22(27)13-17-25/h3-5,8-17,20H,6-7,18-19H2,1-2H3,(H,28,30). The first-order valence-corrected chi connectivity index (χ1v) is 12.9. The number of halogens is 1. The van der Waals surface area contributed by atoms with Gasteiger partial charge in [-0.05, 0) is 80.8 Å². The van der Waals surface area contributed by atoms with Gasteiger partial charge in [0.15, 0.2) is 0 Å². The molecule has 0 bridgehead atoms. The summed E-state index contributed by atoms with van der Waals surface area (Å²) in [5.41, 5.74) is 1.55. The number of aryl methyl sites for hydroxylation is 1. The molecule has 1 N–H and O–H groups in total. The molecule has 0 aliphatic carbocycles. The number of nitrogens with one attached hydrogen (secondary N) is 1. The van der Waals surface area contributed by atoms with Crippen molar-refractivity contribution in [2.75, 3.05) is 17.4 Å². The Labute approximate surface area is 206 Å². The lowest BCUT2D eigenvalue weighted by atomic mass is 10.1. The Hall–Kier alpha value is -3.03. The molecule has 0 fully saturated rings. The third-order valence-electron chi connectivity index (χ3n) is 4.99. The van der Waals surface area contributed by atoms with Crippen LogP contribution in [0.25, 0.3) is 0 Å². The van der Waals surface area contributed by atoms with Crippen molar-refractivity contribution in [1.29, 1.82) is 0 Å². The molecule has 3 aromatic rings.